The number of rotatable bonds is 4. The molecule has 2 heterocycles. The summed E-state index contributed by atoms with van der Waals surface area (Å²) in [7, 11) is 0. The quantitative estimate of drug-likeness (QED) is 0.865. The molecule has 0 spiro atoms. The maximum atomic E-state index is 11.9. The number of pyridine rings is 1. The van der Waals surface area contributed by atoms with Gasteiger partial charge in [0.2, 0.25) is 5.91 Å². The molecule has 2 aromatic heterocycles. The molecule has 1 amide bonds. The third-order valence-corrected chi connectivity index (χ3v) is 2.88. The summed E-state index contributed by atoms with van der Waals surface area (Å²) < 4.78 is 1.81. The van der Waals surface area contributed by atoms with Crippen molar-refractivity contribution in [1.82, 2.24) is 14.5 Å². The average molecular weight is 259 g/mol. The predicted octanol–water partition coefficient (Wildman–Crippen LogP) is 1.25. The normalized spacial score (nSPS) is 12.2. The van der Waals surface area contributed by atoms with Gasteiger partial charge in [-0.3, -0.25) is 9.36 Å². The van der Waals surface area contributed by atoms with Gasteiger partial charge >= 0.3 is 0 Å². The fraction of sp³-hybridized carbons (Fsp3) is 0.308. The van der Waals surface area contributed by atoms with Crippen molar-refractivity contribution in [2.24, 2.45) is 5.73 Å². The van der Waals surface area contributed by atoms with E-state index in [0.29, 0.717) is 17.9 Å². The fourth-order valence-corrected chi connectivity index (χ4v) is 1.70. The van der Waals surface area contributed by atoms with Gasteiger partial charge in [-0.1, -0.05) is 6.92 Å². The van der Waals surface area contributed by atoms with Gasteiger partial charge in [0.15, 0.2) is 5.82 Å². The SMILES string of the molecule is CC[C@@H](N)C(=O)Nc1cccnc1-n1ccnc1C. The molecule has 1 atom stereocenters. The summed E-state index contributed by atoms with van der Waals surface area (Å²) in [5.41, 5.74) is 6.33. The zero-order chi connectivity index (χ0) is 13.8. The number of nitrogens with two attached hydrogens (primary N) is 1. The molecular formula is C13H17N5O. The molecule has 6 nitrogen and oxygen atoms in total. The van der Waals surface area contributed by atoms with Gasteiger partial charge in [0, 0.05) is 18.6 Å². The van der Waals surface area contributed by atoms with Crippen molar-refractivity contribution in [2.45, 2.75) is 26.3 Å². The van der Waals surface area contributed by atoms with E-state index in [1.807, 2.05) is 18.4 Å². The molecule has 0 aliphatic carbocycles. The third-order valence-electron chi connectivity index (χ3n) is 2.88. The first-order chi connectivity index (χ1) is 9.13. The van der Waals surface area contributed by atoms with Gasteiger partial charge in [0.1, 0.15) is 5.82 Å². The zero-order valence-electron chi connectivity index (χ0n) is 11.0. The largest absolute Gasteiger partial charge is 0.322 e. The molecule has 100 valence electrons. The molecule has 2 aromatic rings. The first-order valence-corrected chi connectivity index (χ1v) is 6.15. The van der Waals surface area contributed by atoms with Crippen molar-refractivity contribution in [1.29, 1.82) is 0 Å². The van der Waals surface area contributed by atoms with Crippen LogP contribution >= 0.6 is 0 Å². The van der Waals surface area contributed by atoms with Gasteiger partial charge < -0.3 is 11.1 Å². The highest BCUT2D eigenvalue weighted by Gasteiger charge is 2.14. The second-order valence-corrected chi connectivity index (χ2v) is 4.22. The summed E-state index contributed by atoms with van der Waals surface area (Å²) in [5.74, 6) is 1.22. The third kappa shape index (κ3) is 2.79. The lowest BCUT2D eigenvalue weighted by Crippen LogP contribution is -2.35. The van der Waals surface area contributed by atoms with Crippen LogP contribution < -0.4 is 11.1 Å². The number of nitrogens with one attached hydrogen (secondary N) is 1. The Morgan fingerprint density at radius 1 is 1.47 bits per heavy atom. The van der Waals surface area contributed by atoms with E-state index in [1.165, 1.54) is 0 Å². The highest BCUT2D eigenvalue weighted by atomic mass is 16.2. The minimum atomic E-state index is -0.517. The number of carbonyl (C=O) groups excluding carboxylic acids is 1. The predicted molar refractivity (Wildman–Crippen MR) is 73.0 cm³/mol. The smallest absolute Gasteiger partial charge is 0.241 e. The molecule has 2 rings (SSSR count). The van der Waals surface area contributed by atoms with Crippen molar-refractivity contribution in [3.63, 3.8) is 0 Å². The maximum Gasteiger partial charge on any atom is 0.241 e. The number of hydrogen-bond acceptors (Lipinski definition) is 4. The molecule has 0 saturated carbocycles. The number of aromatic nitrogens is 3. The molecule has 6 heteroatoms. The summed E-state index contributed by atoms with van der Waals surface area (Å²) in [4.78, 5) is 20.3. The Kier molecular flexibility index (Phi) is 3.91. The Bertz CT molecular complexity index is 578. The second-order valence-electron chi connectivity index (χ2n) is 4.22. The van der Waals surface area contributed by atoms with E-state index < -0.39 is 6.04 Å². The van der Waals surface area contributed by atoms with Gasteiger partial charge in [-0.25, -0.2) is 9.97 Å². The van der Waals surface area contributed by atoms with Gasteiger partial charge in [-0.15, -0.1) is 0 Å². The molecule has 3 N–H and O–H groups in total. The van der Waals surface area contributed by atoms with Crippen LogP contribution in [0.3, 0.4) is 0 Å². The Hall–Kier alpha value is -2.21. The standard InChI is InChI=1S/C13H17N5O/c1-3-10(14)13(19)17-11-5-4-6-16-12(11)18-8-7-15-9(18)2/h4-8,10H,3,14H2,1-2H3,(H,17,19)/t10-/m1/s1. The first-order valence-electron chi connectivity index (χ1n) is 6.15. The van der Waals surface area contributed by atoms with E-state index in [9.17, 15) is 4.79 Å². The zero-order valence-corrected chi connectivity index (χ0v) is 11.0. The molecule has 0 saturated heterocycles. The Balaban J connectivity index is 2.32. The number of carbonyl (C=O) groups is 1. The van der Waals surface area contributed by atoms with Crippen LogP contribution in [-0.4, -0.2) is 26.5 Å². The monoisotopic (exact) mass is 259 g/mol. The summed E-state index contributed by atoms with van der Waals surface area (Å²) in [5, 5.41) is 2.80. The van der Waals surface area contributed by atoms with E-state index in [2.05, 4.69) is 15.3 Å². The van der Waals surface area contributed by atoms with Crippen LogP contribution in [0, 0.1) is 6.92 Å². The minimum Gasteiger partial charge on any atom is -0.322 e. The molecule has 0 bridgehead atoms. The molecule has 19 heavy (non-hydrogen) atoms. The second kappa shape index (κ2) is 5.62. The topological polar surface area (TPSA) is 85.8 Å². The molecule has 0 fully saturated rings. The van der Waals surface area contributed by atoms with E-state index in [1.54, 1.807) is 30.7 Å². The Morgan fingerprint density at radius 3 is 2.89 bits per heavy atom. The van der Waals surface area contributed by atoms with Crippen LogP contribution in [0.4, 0.5) is 5.69 Å². The fourth-order valence-electron chi connectivity index (χ4n) is 1.70. The van der Waals surface area contributed by atoms with Gasteiger partial charge in [-0.2, -0.15) is 0 Å². The van der Waals surface area contributed by atoms with E-state index in [0.717, 1.165) is 5.82 Å². The van der Waals surface area contributed by atoms with Crippen molar-refractivity contribution >= 4 is 11.6 Å². The van der Waals surface area contributed by atoms with E-state index in [4.69, 9.17) is 5.73 Å². The van der Waals surface area contributed by atoms with Gasteiger partial charge in [0.05, 0.1) is 11.7 Å². The first kappa shape index (κ1) is 13.2. The molecule has 0 aliphatic heterocycles. The Morgan fingerprint density at radius 2 is 2.26 bits per heavy atom. The number of anilines is 1. The molecule has 0 aliphatic rings. The minimum absolute atomic E-state index is 0.213. The summed E-state index contributed by atoms with van der Waals surface area (Å²) in [6.45, 7) is 3.74. The number of imidazole rings is 1. The molecule has 0 radical (unpaired) electrons. The van der Waals surface area contributed by atoms with Crippen LogP contribution in [0.5, 0.6) is 0 Å². The number of hydrogen-bond donors (Lipinski definition) is 2. The number of nitrogens with zero attached hydrogens (tertiary/aromatic N) is 3. The van der Waals surface area contributed by atoms with Crippen molar-refractivity contribution in [3.8, 4) is 5.82 Å². The lowest BCUT2D eigenvalue weighted by Gasteiger charge is -2.14. The van der Waals surface area contributed by atoms with Crippen molar-refractivity contribution in [2.75, 3.05) is 5.32 Å². The average Bonchev–Trinajstić information content (AvgIpc) is 2.84. The van der Waals surface area contributed by atoms with Crippen LogP contribution in [0.1, 0.15) is 19.2 Å². The number of aryl methyl sites for hydroxylation is 1. The number of amides is 1. The lowest BCUT2D eigenvalue weighted by molar-refractivity contribution is -0.117. The maximum absolute atomic E-state index is 11.9. The highest BCUT2D eigenvalue weighted by molar-refractivity contribution is 5.95. The van der Waals surface area contributed by atoms with Gasteiger partial charge in [0.25, 0.3) is 0 Å². The van der Waals surface area contributed by atoms with Crippen LogP contribution in [0.15, 0.2) is 30.7 Å². The van der Waals surface area contributed by atoms with Crippen LogP contribution in [-0.2, 0) is 4.79 Å². The lowest BCUT2D eigenvalue weighted by atomic mass is 10.2. The van der Waals surface area contributed by atoms with Crippen molar-refractivity contribution < 1.29 is 4.79 Å². The van der Waals surface area contributed by atoms with Gasteiger partial charge in [-0.05, 0) is 25.5 Å². The highest BCUT2D eigenvalue weighted by Crippen LogP contribution is 2.18. The van der Waals surface area contributed by atoms with Crippen molar-refractivity contribution in [3.05, 3.63) is 36.5 Å². The molecule has 0 unspecified atom stereocenters. The van der Waals surface area contributed by atoms with Crippen LogP contribution in [0.2, 0.25) is 0 Å². The van der Waals surface area contributed by atoms with E-state index >= 15 is 0 Å². The van der Waals surface area contributed by atoms with Crippen LogP contribution in [0.25, 0.3) is 5.82 Å². The summed E-state index contributed by atoms with van der Waals surface area (Å²) in [6, 6.07) is 3.04. The van der Waals surface area contributed by atoms with E-state index in [-0.39, 0.29) is 5.91 Å². The molecule has 0 aromatic carbocycles. The molecular weight excluding hydrogens is 242 g/mol. The summed E-state index contributed by atoms with van der Waals surface area (Å²) in [6.07, 6.45) is 5.75. The summed E-state index contributed by atoms with van der Waals surface area (Å²) >= 11 is 0. The Labute approximate surface area is 111 Å².